The van der Waals surface area contributed by atoms with E-state index in [-0.39, 0.29) is 12.4 Å². The number of aromatic amines is 1. The molecule has 1 rings (SSSR count). The zero-order chi connectivity index (χ0) is 28.3. The van der Waals surface area contributed by atoms with E-state index in [1.165, 1.54) is 7.11 Å². The molecule has 0 fully saturated rings. The largest absolute Gasteiger partial charge is 0.490 e. The molecule has 0 radical (unpaired) electrons. The number of methoxy groups -OCH3 is 1. The molecule has 0 aliphatic rings. The summed E-state index contributed by atoms with van der Waals surface area (Å²) in [6.07, 6.45) is -0.0494. The Morgan fingerprint density at radius 3 is 2.32 bits per heavy atom. The molecule has 1 aromatic rings. The van der Waals surface area contributed by atoms with Crippen LogP contribution in [-0.4, -0.2) is 88.9 Å². The van der Waals surface area contributed by atoms with Crippen molar-refractivity contribution in [1.29, 1.82) is 0 Å². The van der Waals surface area contributed by atoms with Gasteiger partial charge in [-0.2, -0.15) is 13.2 Å². The minimum Gasteiger partial charge on any atom is -0.475 e. The predicted molar refractivity (Wildman–Crippen MR) is 116 cm³/mol. The van der Waals surface area contributed by atoms with Gasteiger partial charge in [0.05, 0.1) is 13.4 Å². The maximum absolute atomic E-state index is 11.8. The van der Waals surface area contributed by atoms with Gasteiger partial charge in [-0.05, 0) is 45.3 Å². The van der Waals surface area contributed by atoms with Crippen molar-refractivity contribution in [1.82, 2.24) is 20.6 Å². The maximum Gasteiger partial charge on any atom is 0.490 e. The van der Waals surface area contributed by atoms with Gasteiger partial charge in [-0.25, -0.2) is 9.78 Å². The molecular weight excluding hydrogens is 517 g/mol. The van der Waals surface area contributed by atoms with Gasteiger partial charge in [0.1, 0.15) is 18.8 Å². The first-order valence-electron chi connectivity index (χ1n) is 10.7. The second-order valence-electron chi connectivity index (χ2n) is 7.18. The summed E-state index contributed by atoms with van der Waals surface area (Å²) in [6.45, 7) is 1.52. The molecule has 1 heterocycles. The molecule has 212 valence electrons. The van der Waals surface area contributed by atoms with Gasteiger partial charge in [0.25, 0.3) is 10.2 Å². The summed E-state index contributed by atoms with van der Waals surface area (Å²) in [7, 11) is 1.34. The molecule has 0 bridgehead atoms. The van der Waals surface area contributed by atoms with Crippen LogP contribution in [0.25, 0.3) is 0 Å². The normalized spacial score (nSPS) is 12.4. The monoisotopic (exact) mass is 546 g/mol. The van der Waals surface area contributed by atoms with Crippen LogP contribution in [0.15, 0.2) is 12.5 Å². The van der Waals surface area contributed by atoms with Gasteiger partial charge in [-0.15, -0.1) is 20.2 Å². The predicted octanol–water partition coefficient (Wildman–Crippen LogP) is 0.652. The Balaban J connectivity index is 0.00000161. The lowest BCUT2D eigenvalue weighted by Crippen LogP contribution is -2.40. The van der Waals surface area contributed by atoms with Crippen molar-refractivity contribution in [2.75, 3.05) is 33.4 Å². The van der Waals surface area contributed by atoms with E-state index in [9.17, 15) is 38.2 Å². The zero-order valence-corrected chi connectivity index (χ0v) is 19.8. The lowest BCUT2D eigenvalue weighted by molar-refractivity contribution is -0.790. The summed E-state index contributed by atoms with van der Waals surface area (Å²) in [5.74, 6) is -3.10. The van der Waals surface area contributed by atoms with E-state index in [4.69, 9.17) is 14.6 Å². The van der Waals surface area contributed by atoms with E-state index in [1.54, 1.807) is 12.5 Å². The first kappa shape index (κ1) is 33.3. The molecule has 0 unspecified atom stereocenters. The van der Waals surface area contributed by atoms with Crippen molar-refractivity contribution in [3.8, 4) is 0 Å². The number of hydrogen-bond donors (Lipinski definition) is 4. The van der Waals surface area contributed by atoms with Gasteiger partial charge in [-0.1, -0.05) is 0 Å². The molecule has 2 atom stereocenters. The minimum atomic E-state index is -5.08. The highest BCUT2D eigenvalue weighted by Gasteiger charge is 2.38. The van der Waals surface area contributed by atoms with Crippen LogP contribution < -0.4 is 10.6 Å². The van der Waals surface area contributed by atoms with Gasteiger partial charge < -0.3 is 35.1 Å². The number of alkyl halides is 3. The number of imidazole rings is 1. The summed E-state index contributed by atoms with van der Waals surface area (Å²) in [4.78, 5) is 56.7. The third kappa shape index (κ3) is 18.2. The van der Waals surface area contributed by atoms with E-state index in [0.717, 1.165) is 12.1 Å². The molecule has 1 aromatic heterocycles. The second-order valence-corrected chi connectivity index (χ2v) is 7.18. The third-order valence-electron chi connectivity index (χ3n) is 4.36. The molecule has 0 aromatic carbocycles. The molecule has 16 nitrogen and oxygen atoms in total. The van der Waals surface area contributed by atoms with E-state index < -0.39 is 41.1 Å². The van der Waals surface area contributed by atoms with E-state index >= 15 is 0 Å². The minimum absolute atomic E-state index is 0.270. The van der Waals surface area contributed by atoms with E-state index in [2.05, 4.69) is 30.3 Å². The molecule has 0 spiro atoms. The van der Waals surface area contributed by atoms with E-state index in [0.29, 0.717) is 38.9 Å². The number of carbonyl (C=O) groups is 2. The van der Waals surface area contributed by atoms with Gasteiger partial charge in [0.15, 0.2) is 0 Å². The average molecular weight is 546 g/mol. The number of ether oxygens (including phenoxy) is 1. The number of carboxylic acid groups (broad SMARTS) is 1. The van der Waals surface area contributed by atoms with Gasteiger partial charge in [0, 0.05) is 18.3 Å². The van der Waals surface area contributed by atoms with Crippen LogP contribution in [0.1, 0.15) is 31.4 Å². The van der Waals surface area contributed by atoms with Crippen LogP contribution in [-0.2, 0) is 30.4 Å². The average Bonchev–Trinajstić information content (AvgIpc) is 3.32. The molecular formula is C18H29F3N6O10. The molecule has 0 aliphatic carbocycles. The number of H-pyrrole nitrogens is 1. The van der Waals surface area contributed by atoms with Crippen molar-refractivity contribution in [2.24, 2.45) is 0 Å². The Morgan fingerprint density at radius 2 is 1.81 bits per heavy atom. The molecule has 0 saturated carbocycles. The number of nitrogens with one attached hydrogen (secondary N) is 3. The molecule has 37 heavy (non-hydrogen) atoms. The van der Waals surface area contributed by atoms with Crippen molar-refractivity contribution in [3.05, 3.63) is 38.4 Å². The number of carbonyl (C=O) groups excluding carboxylic acids is 1. The van der Waals surface area contributed by atoms with Crippen molar-refractivity contribution in [2.45, 2.75) is 50.4 Å². The summed E-state index contributed by atoms with van der Waals surface area (Å²) < 4.78 is 36.5. The Morgan fingerprint density at radius 1 is 1.16 bits per heavy atom. The zero-order valence-electron chi connectivity index (χ0n) is 19.8. The number of esters is 1. The van der Waals surface area contributed by atoms with Crippen LogP contribution in [0.3, 0.4) is 0 Å². The lowest BCUT2D eigenvalue weighted by atomic mass is 10.1. The van der Waals surface area contributed by atoms with Crippen molar-refractivity contribution < 1.29 is 52.5 Å². The van der Waals surface area contributed by atoms with Crippen molar-refractivity contribution in [3.63, 3.8) is 0 Å². The van der Waals surface area contributed by atoms with Crippen LogP contribution in [0.5, 0.6) is 0 Å². The number of hydrogen-bond acceptors (Lipinski definition) is 12. The highest BCUT2D eigenvalue weighted by molar-refractivity contribution is 5.76. The number of unbranched alkanes of at least 4 members (excludes halogenated alkanes) is 1. The summed E-state index contributed by atoms with van der Waals surface area (Å²) in [5.41, 5.74) is 0.832. The first-order chi connectivity index (χ1) is 17.4. The quantitative estimate of drug-likeness (QED) is 0.0860. The smallest absolute Gasteiger partial charge is 0.475 e. The molecule has 0 amide bonds. The standard InChI is InChI=1S/C16H28N6O8.C2HF3O2/c1-28-16(23)15(9-13-10-18-12-20-13)19-8-4-7-17-6-3-2-5-14(30-22(26)27)11-29-21(24)25;3-2(4,5)1(6)7/h10,12,14-15,17,19H,2-9,11H2,1H3,(H,18,20);(H,6,7)/t14-,15-;/m0./s1. The topological polar surface area (TPSA) is 221 Å². The Kier molecular flexibility index (Phi) is 16.6. The fraction of sp³-hybridized carbons (Fsp3) is 0.722. The van der Waals surface area contributed by atoms with Crippen LogP contribution in [0.4, 0.5) is 13.2 Å². The second kappa shape index (κ2) is 18.5. The van der Waals surface area contributed by atoms with Crippen LogP contribution in [0, 0.1) is 20.2 Å². The summed E-state index contributed by atoms with van der Waals surface area (Å²) >= 11 is 0. The Hall–Kier alpha value is -3.74. The lowest BCUT2D eigenvalue weighted by Gasteiger charge is -2.16. The number of rotatable bonds is 18. The summed E-state index contributed by atoms with van der Waals surface area (Å²) in [6, 6.07) is -0.463. The van der Waals surface area contributed by atoms with E-state index in [1.807, 2.05) is 0 Å². The maximum atomic E-state index is 11.8. The molecule has 4 N–H and O–H groups in total. The van der Waals surface area contributed by atoms with Gasteiger partial charge in [0.2, 0.25) is 0 Å². The number of halogens is 3. The van der Waals surface area contributed by atoms with Crippen LogP contribution >= 0.6 is 0 Å². The highest BCUT2D eigenvalue weighted by Crippen LogP contribution is 2.13. The highest BCUT2D eigenvalue weighted by atomic mass is 19.4. The van der Waals surface area contributed by atoms with Gasteiger partial charge >= 0.3 is 18.1 Å². The Bertz CT molecular complexity index is 813. The molecule has 19 heteroatoms. The fourth-order valence-electron chi connectivity index (χ4n) is 2.67. The number of aliphatic carboxylic acids is 1. The fourth-order valence-corrected chi connectivity index (χ4v) is 2.67. The molecule has 0 aliphatic heterocycles. The third-order valence-corrected chi connectivity index (χ3v) is 4.36. The van der Waals surface area contributed by atoms with Crippen molar-refractivity contribution >= 4 is 11.9 Å². The first-order valence-corrected chi connectivity index (χ1v) is 10.7. The number of aromatic nitrogens is 2. The number of nitrogens with zero attached hydrogens (tertiary/aromatic N) is 3. The number of carboxylic acids is 1. The van der Waals surface area contributed by atoms with Gasteiger partial charge in [-0.3, -0.25) is 4.79 Å². The Labute approximate surface area is 208 Å². The summed E-state index contributed by atoms with van der Waals surface area (Å²) in [5, 5.41) is 32.1. The molecule has 0 saturated heterocycles. The SMILES string of the molecule is COC(=O)[C@H](Cc1cnc[nH]1)NCCCNCCCC[C@@H](CO[N+](=O)[O-])O[N+](=O)[O-].O=C(O)C(F)(F)F. The van der Waals surface area contributed by atoms with Crippen LogP contribution in [0.2, 0.25) is 0 Å².